The Kier molecular flexibility index (Phi) is 6.71. The summed E-state index contributed by atoms with van der Waals surface area (Å²) < 4.78 is 13.6. The second kappa shape index (κ2) is 9.38. The van der Waals surface area contributed by atoms with Crippen LogP contribution in [-0.4, -0.2) is 39.6 Å². The zero-order valence-electron chi connectivity index (χ0n) is 21.6. The van der Waals surface area contributed by atoms with Gasteiger partial charge in [-0.15, -0.1) is 12.4 Å². The van der Waals surface area contributed by atoms with Crippen LogP contribution in [0.2, 0.25) is 0 Å². The van der Waals surface area contributed by atoms with E-state index in [1.165, 1.54) is 0 Å². The van der Waals surface area contributed by atoms with Crippen molar-refractivity contribution in [1.82, 2.24) is 4.57 Å². The molecule has 2 aromatic carbocycles. The molecule has 1 N–H and O–H groups in total. The summed E-state index contributed by atoms with van der Waals surface area (Å²) in [6, 6.07) is 12.0. The highest BCUT2D eigenvalue weighted by Crippen LogP contribution is 2.47. The number of carbonyl (C=O) groups is 1. The number of nitrogens with zero attached hydrogens (tertiary/aromatic N) is 2. The van der Waals surface area contributed by atoms with E-state index in [9.17, 15) is 9.59 Å². The minimum absolute atomic E-state index is 0. The van der Waals surface area contributed by atoms with E-state index in [-0.39, 0.29) is 34.7 Å². The van der Waals surface area contributed by atoms with Gasteiger partial charge >= 0.3 is 5.97 Å². The van der Waals surface area contributed by atoms with Gasteiger partial charge in [-0.1, -0.05) is 12.1 Å². The van der Waals surface area contributed by atoms with Crippen LogP contribution in [0.1, 0.15) is 65.9 Å². The molecule has 0 saturated carbocycles. The molecule has 2 aliphatic heterocycles. The summed E-state index contributed by atoms with van der Waals surface area (Å²) in [5.74, 6) is 0.523. The van der Waals surface area contributed by atoms with Gasteiger partial charge in [-0.05, 0) is 69.5 Å². The molecule has 1 aromatic heterocycles. The van der Waals surface area contributed by atoms with Crippen molar-refractivity contribution in [3.05, 3.63) is 92.4 Å². The Labute approximate surface area is 222 Å². The number of aromatic nitrogens is 1. The van der Waals surface area contributed by atoms with Crippen LogP contribution in [0, 0.1) is 0 Å². The van der Waals surface area contributed by atoms with E-state index in [2.05, 4.69) is 33.8 Å². The zero-order valence-corrected chi connectivity index (χ0v) is 22.4. The highest BCUT2D eigenvalue weighted by atomic mass is 35.5. The number of benzene rings is 2. The Morgan fingerprint density at radius 3 is 2.46 bits per heavy atom. The highest BCUT2D eigenvalue weighted by Gasteiger charge is 2.39. The first kappa shape index (κ1) is 26.5. The second-order valence-electron chi connectivity index (χ2n) is 10.8. The van der Waals surface area contributed by atoms with Gasteiger partial charge in [0.1, 0.15) is 5.60 Å². The molecular weight excluding hydrogens is 492 g/mol. The van der Waals surface area contributed by atoms with Gasteiger partial charge in [0.05, 0.1) is 30.5 Å². The summed E-state index contributed by atoms with van der Waals surface area (Å²) in [4.78, 5) is 29.1. The Bertz CT molecular complexity index is 1470. The number of pyridine rings is 1. The van der Waals surface area contributed by atoms with Gasteiger partial charge in [0.15, 0.2) is 11.5 Å². The normalized spacial score (nSPS) is 16.5. The maximum Gasteiger partial charge on any atom is 0.335 e. The van der Waals surface area contributed by atoms with Crippen LogP contribution >= 0.6 is 12.4 Å². The van der Waals surface area contributed by atoms with E-state index >= 15 is 0 Å². The van der Waals surface area contributed by atoms with Gasteiger partial charge in [0, 0.05) is 35.4 Å². The fourth-order valence-electron chi connectivity index (χ4n) is 5.17. The number of hydrogen-bond acceptors (Lipinski definition) is 5. The van der Waals surface area contributed by atoms with E-state index < -0.39 is 5.97 Å². The molecule has 3 heterocycles. The van der Waals surface area contributed by atoms with Gasteiger partial charge in [-0.3, -0.25) is 9.79 Å². The van der Waals surface area contributed by atoms with E-state index in [4.69, 9.17) is 19.6 Å². The molecule has 0 saturated heterocycles. The topological polar surface area (TPSA) is 90.1 Å². The van der Waals surface area contributed by atoms with Crippen LogP contribution in [-0.2, 0) is 19.4 Å². The first-order valence-corrected chi connectivity index (χ1v) is 12.0. The largest absolute Gasteiger partial charge is 0.493 e. The molecule has 7 nitrogen and oxygen atoms in total. The first-order valence-electron chi connectivity index (χ1n) is 12.0. The van der Waals surface area contributed by atoms with Crippen molar-refractivity contribution in [2.24, 2.45) is 4.99 Å². The third-order valence-electron chi connectivity index (χ3n) is 6.71. The molecular formula is C29H31ClN2O5. The van der Waals surface area contributed by atoms with Crippen LogP contribution in [0.4, 0.5) is 0 Å². The molecule has 0 fully saturated rings. The molecule has 0 aliphatic carbocycles. The standard InChI is InChI=1S/C29H30N2O5.ClH/c1-28(2)13-20-12-22(35-5)26-21(14-29(3,4)36-26)24(20)25(30-28)19-10-11-23(32)31(16-19)15-17-6-8-18(9-7-17)27(33)34;/h6-12,16H,13-15H2,1-5H3,(H,33,34);1H. The van der Waals surface area contributed by atoms with E-state index in [0.717, 1.165) is 57.9 Å². The Hall–Kier alpha value is -3.58. The van der Waals surface area contributed by atoms with Crippen molar-refractivity contribution >= 4 is 24.1 Å². The lowest BCUT2D eigenvalue weighted by Crippen LogP contribution is -2.31. The Balaban J connectivity index is 0.00000320. The van der Waals surface area contributed by atoms with Gasteiger partial charge < -0.3 is 19.1 Å². The third-order valence-corrected chi connectivity index (χ3v) is 6.71. The lowest BCUT2D eigenvalue weighted by atomic mass is 9.81. The highest BCUT2D eigenvalue weighted by molar-refractivity contribution is 6.16. The van der Waals surface area contributed by atoms with Gasteiger partial charge in [-0.2, -0.15) is 0 Å². The van der Waals surface area contributed by atoms with Crippen LogP contribution in [0.25, 0.3) is 0 Å². The summed E-state index contributed by atoms with van der Waals surface area (Å²) in [7, 11) is 1.67. The molecule has 3 aromatic rings. The van der Waals surface area contributed by atoms with Crippen LogP contribution < -0.4 is 15.0 Å². The number of rotatable bonds is 5. The lowest BCUT2D eigenvalue weighted by molar-refractivity contribution is 0.0697. The summed E-state index contributed by atoms with van der Waals surface area (Å²) in [6.45, 7) is 8.68. The molecule has 0 unspecified atom stereocenters. The molecule has 0 atom stereocenters. The molecule has 37 heavy (non-hydrogen) atoms. The zero-order chi connectivity index (χ0) is 25.8. The second-order valence-corrected chi connectivity index (χ2v) is 10.8. The molecule has 5 rings (SSSR count). The number of carboxylic acid groups (broad SMARTS) is 1. The Morgan fingerprint density at radius 2 is 1.81 bits per heavy atom. The molecule has 2 aliphatic rings. The minimum atomic E-state index is -0.978. The van der Waals surface area contributed by atoms with Crippen LogP contribution in [0.15, 0.2) is 58.4 Å². The van der Waals surface area contributed by atoms with E-state index in [1.807, 2.05) is 12.3 Å². The van der Waals surface area contributed by atoms with Crippen molar-refractivity contribution in [3.8, 4) is 11.5 Å². The number of carboxylic acids is 1. The summed E-state index contributed by atoms with van der Waals surface area (Å²) >= 11 is 0. The number of halogens is 1. The van der Waals surface area contributed by atoms with E-state index in [0.29, 0.717) is 6.54 Å². The fraction of sp³-hybridized carbons (Fsp3) is 0.345. The quantitative estimate of drug-likeness (QED) is 0.514. The monoisotopic (exact) mass is 522 g/mol. The number of aromatic carboxylic acids is 1. The summed E-state index contributed by atoms with van der Waals surface area (Å²) in [5, 5.41) is 9.16. The number of methoxy groups -OCH3 is 1. The molecule has 0 amide bonds. The van der Waals surface area contributed by atoms with Gasteiger partial charge in [-0.25, -0.2) is 4.79 Å². The van der Waals surface area contributed by atoms with Crippen molar-refractivity contribution in [2.45, 2.75) is 58.2 Å². The fourth-order valence-corrected chi connectivity index (χ4v) is 5.17. The number of aliphatic imine (C=N–C) groups is 1. The maximum atomic E-state index is 12.8. The van der Waals surface area contributed by atoms with Crippen molar-refractivity contribution in [2.75, 3.05) is 7.11 Å². The average Bonchev–Trinajstić information content (AvgIpc) is 3.13. The molecule has 0 bridgehead atoms. The minimum Gasteiger partial charge on any atom is -0.493 e. The van der Waals surface area contributed by atoms with Crippen molar-refractivity contribution < 1.29 is 19.4 Å². The SMILES string of the molecule is COc1cc2c(c3c1OC(C)(C)C3)C(c1ccc(=O)n(Cc3ccc(C(=O)O)cc3)c1)=NC(C)(C)C2.Cl. The third kappa shape index (κ3) is 5.01. The summed E-state index contributed by atoms with van der Waals surface area (Å²) in [6.07, 6.45) is 3.34. The first-order chi connectivity index (χ1) is 17.0. The number of fused-ring (bicyclic) bond motifs is 3. The van der Waals surface area contributed by atoms with E-state index in [1.54, 1.807) is 42.0 Å². The predicted octanol–water partition coefficient (Wildman–Crippen LogP) is 4.91. The average molecular weight is 523 g/mol. The molecule has 194 valence electrons. The Morgan fingerprint density at radius 1 is 1.11 bits per heavy atom. The molecule has 0 radical (unpaired) electrons. The lowest BCUT2D eigenvalue weighted by Gasteiger charge is -2.31. The maximum absolute atomic E-state index is 12.8. The van der Waals surface area contributed by atoms with Gasteiger partial charge in [0.25, 0.3) is 5.56 Å². The smallest absolute Gasteiger partial charge is 0.335 e. The van der Waals surface area contributed by atoms with Crippen molar-refractivity contribution in [1.29, 1.82) is 0 Å². The molecule has 0 spiro atoms. The number of ether oxygens (including phenoxy) is 2. The van der Waals surface area contributed by atoms with Gasteiger partial charge in [0.2, 0.25) is 0 Å². The predicted molar refractivity (Wildman–Crippen MR) is 145 cm³/mol. The summed E-state index contributed by atoms with van der Waals surface area (Å²) in [5.41, 5.74) is 5.23. The van der Waals surface area contributed by atoms with Crippen LogP contribution in [0.5, 0.6) is 11.5 Å². The van der Waals surface area contributed by atoms with Crippen molar-refractivity contribution in [3.63, 3.8) is 0 Å². The number of hydrogen-bond donors (Lipinski definition) is 1. The molecule has 8 heteroatoms. The van der Waals surface area contributed by atoms with Crippen LogP contribution in [0.3, 0.4) is 0 Å².